The zero-order valence-corrected chi connectivity index (χ0v) is 11.7. The molecule has 0 aromatic carbocycles. The Kier molecular flexibility index (Phi) is 3.93. The highest BCUT2D eigenvalue weighted by atomic mass is 16.3. The summed E-state index contributed by atoms with van der Waals surface area (Å²) in [5, 5.41) is 0. The van der Waals surface area contributed by atoms with E-state index in [1.165, 1.54) is 0 Å². The van der Waals surface area contributed by atoms with Crippen LogP contribution in [0.2, 0.25) is 0 Å². The molecule has 0 saturated carbocycles. The van der Waals surface area contributed by atoms with Gasteiger partial charge in [-0.15, -0.1) is 0 Å². The smallest absolute Gasteiger partial charge is 0.118 e. The first-order valence-electron chi connectivity index (χ1n) is 6.68. The van der Waals surface area contributed by atoms with Gasteiger partial charge in [-0.05, 0) is 24.0 Å². The summed E-state index contributed by atoms with van der Waals surface area (Å²) in [5.41, 5.74) is 7.42. The molecule has 1 aromatic rings. The number of rotatable bonds is 3. The van der Waals surface area contributed by atoms with Gasteiger partial charge < -0.3 is 10.2 Å². The third-order valence-corrected chi connectivity index (χ3v) is 3.55. The minimum absolute atomic E-state index is 0.309. The highest BCUT2D eigenvalue weighted by Gasteiger charge is 2.21. The Morgan fingerprint density at radius 1 is 1.28 bits per heavy atom. The van der Waals surface area contributed by atoms with Gasteiger partial charge in [0.2, 0.25) is 0 Å². The molecule has 0 fully saturated rings. The van der Waals surface area contributed by atoms with E-state index in [0.29, 0.717) is 12.0 Å². The van der Waals surface area contributed by atoms with Crippen molar-refractivity contribution < 1.29 is 4.42 Å². The molecule has 2 heterocycles. The predicted molar refractivity (Wildman–Crippen MR) is 74.0 cm³/mol. The fourth-order valence-corrected chi connectivity index (χ4v) is 2.37. The number of nitrogens with two attached hydrogens (primary N) is 1. The normalized spacial score (nSPS) is 17.9. The predicted octanol–water partition coefficient (Wildman–Crippen LogP) is 2.92. The van der Waals surface area contributed by atoms with Gasteiger partial charge in [0.25, 0.3) is 0 Å². The molecule has 0 aliphatic carbocycles. The Morgan fingerprint density at radius 3 is 2.50 bits per heavy atom. The molecule has 3 nitrogen and oxygen atoms in total. The van der Waals surface area contributed by atoms with Gasteiger partial charge in [-0.3, -0.25) is 4.90 Å². The lowest BCUT2D eigenvalue weighted by atomic mass is 9.83. The van der Waals surface area contributed by atoms with Crippen LogP contribution < -0.4 is 5.73 Å². The van der Waals surface area contributed by atoms with E-state index in [1.807, 2.05) is 12.1 Å². The Bertz CT molecular complexity index is 426. The molecular weight excluding hydrogens is 224 g/mol. The highest BCUT2D eigenvalue weighted by Crippen LogP contribution is 2.30. The van der Waals surface area contributed by atoms with Crippen molar-refractivity contribution in [2.75, 3.05) is 13.1 Å². The highest BCUT2D eigenvalue weighted by molar-refractivity contribution is 5.15. The molecule has 2 rings (SSSR count). The van der Waals surface area contributed by atoms with E-state index in [9.17, 15) is 0 Å². The lowest BCUT2D eigenvalue weighted by Gasteiger charge is -2.31. The average molecular weight is 248 g/mol. The van der Waals surface area contributed by atoms with Crippen molar-refractivity contribution in [1.29, 1.82) is 0 Å². The van der Waals surface area contributed by atoms with E-state index >= 15 is 0 Å². The Morgan fingerprint density at radius 2 is 2.00 bits per heavy atom. The third-order valence-electron chi connectivity index (χ3n) is 3.55. The standard InChI is InChI=1S/C15H24N2O/c1-15(2,3)12-6-8-17(9-7-12)11-14-5-4-13(10-16)18-14/h4-6H,7-11,16H2,1-3H3. The molecule has 0 radical (unpaired) electrons. The molecule has 0 spiro atoms. The van der Waals surface area contributed by atoms with Gasteiger partial charge >= 0.3 is 0 Å². The molecule has 0 atom stereocenters. The van der Waals surface area contributed by atoms with Crippen molar-refractivity contribution in [2.45, 2.75) is 40.3 Å². The summed E-state index contributed by atoms with van der Waals surface area (Å²) >= 11 is 0. The minimum atomic E-state index is 0.309. The lowest BCUT2D eigenvalue weighted by molar-refractivity contribution is 0.248. The quantitative estimate of drug-likeness (QED) is 0.836. The molecule has 0 bridgehead atoms. The zero-order valence-electron chi connectivity index (χ0n) is 11.7. The van der Waals surface area contributed by atoms with E-state index < -0.39 is 0 Å². The first kappa shape index (κ1) is 13.4. The molecule has 18 heavy (non-hydrogen) atoms. The molecular formula is C15H24N2O. The van der Waals surface area contributed by atoms with E-state index in [4.69, 9.17) is 10.2 Å². The van der Waals surface area contributed by atoms with Gasteiger partial charge in [-0.2, -0.15) is 0 Å². The maximum absolute atomic E-state index is 5.64. The summed E-state index contributed by atoms with van der Waals surface area (Å²) in [6, 6.07) is 4.00. The zero-order chi connectivity index (χ0) is 13.2. The van der Waals surface area contributed by atoms with E-state index in [-0.39, 0.29) is 0 Å². The maximum atomic E-state index is 5.64. The number of hydrogen-bond donors (Lipinski definition) is 1. The minimum Gasteiger partial charge on any atom is -0.463 e. The van der Waals surface area contributed by atoms with Crippen LogP contribution in [-0.4, -0.2) is 18.0 Å². The van der Waals surface area contributed by atoms with Crippen molar-refractivity contribution in [3.05, 3.63) is 35.3 Å². The van der Waals surface area contributed by atoms with E-state index in [2.05, 4.69) is 31.7 Å². The maximum Gasteiger partial charge on any atom is 0.118 e. The summed E-state index contributed by atoms with van der Waals surface area (Å²) < 4.78 is 5.64. The number of nitrogens with zero attached hydrogens (tertiary/aromatic N) is 1. The molecule has 1 aromatic heterocycles. The van der Waals surface area contributed by atoms with Gasteiger partial charge in [0.15, 0.2) is 0 Å². The Hall–Kier alpha value is -1.06. The van der Waals surface area contributed by atoms with Crippen LogP contribution in [0, 0.1) is 5.41 Å². The van der Waals surface area contributed by atoms with Crippen LogP contribution in [0.1, 0.15) is 38.7 Å². The molecule has 0 saturated heterocycles. The molecule has 1 aliphatic rings. The van der Waals surface area contributed by atoms with Gasteiger partial charge in [0.1, 0.15) is 11.5 Å². The molecule has 0 amide bonds. The Labute approximate surface area is 110 Å². The first-order valence-corrected chi connectivity index (χ1v) is 6.68. The van der Waals surface area contributed by atoms with Crippen LogP contribution >= 0.6 is 0 Å². The Balaban J connectivity index is 1.92. The van der Waals surface area contributed by atoms with Gasteiger partial charge in [-0.1, -0.05) is 32.4 Å². The van der Waals surface area contributed by atoms with Crippen molar-refractivity contribution >= 4 is 0 Å². The molecule has 1 aliphatic heterocycles. The topological polar surface area (TPSA) is 42.4 Å². The van der Waals surface area contributed by atoms with Gasteiger partial charge in [-0.25, -0.2) is 0 Å². The monoisotopic (exact) mass is 248 g/mol. The van der Waals surface area contributed by atoms with Crippen LogP contribution in [-0.2, 0) is 13.1 Å². The van der Waals surface area contributed by atoms with E-state index in [1.54, 1.807) is 5.57 Å². The SMILES string of the molecule is CC(C)(C)C1=CCN(Cc2ccc(CN)o2)CC1. The van der Waals surface area contributed by atoms with E-state index in [0.717, 1.165) is 37.6 Å². The molecule has 0 unspecified atom stereocenters. The fourth-order valence-electron chi connectivity index (χ4n) is 2.37. The average Bonchev–Trinajstić information content (AvgIpc) is 2.76. The van der Waals surface area contributed by atoms with Crippen LogP contribution in [0.4, 0.5) is 0 Å². The van der Waals surface area contributed by atoms with Gasteiger partial charge in [0, 0.05) is 13.1 Å². The summed E-state index contributed by atoms with van der Waals surface area (Å²) in [7, 11) is 0. The molecule has 100 valence electrons. The van der Waals surface area contributed by atoms with Crippen LogP contribution in [0.25, 0.3) is 0 Å². The third kappa shape index (κ3) is 3.24. The summed E-state index contributed by atoms with van der Waals surface area (Å²) in [6.45, 7) is 10.4. The molecule has 3 heteroatoms. The van der Waals surface area contributed by atoms with Crippen LogP contribution in [0.15, 0.2) is 28.2 Å². The largest absolute Gasteiger partial charge is 0.463 e. The second kappa shape index (κ2) is 5.29. The summed E-state index contributed by atoms with van der Waals surface area (Å²) in [5.74, 6) is 1.89. The lowest BCUT2D eigenvalue weighted by Crippen LogP contribution is -2.30. The molecule has 2 N–H and O–H groups in total. The summed E-state index contributed by atoms with van der Waals surface area (Å²) in [6.07, 6.45) is 3.53. The van der Waals surface area contributed by atoms with Crippen molar-refractivity contribution in [3.8, 4) is 0 Å². The number of furan rings is 1. The second-order valence-electron chi connectivity index (χ2n) is 6.04. The number of hydrogen-bond acceptors (Lipinski definition) is 3. The van der Waals surface area contributed by atoms with Crippen molar-refractivity contribution in [2.24, 2.45) is 11.1 Å². The summed E-state index contributed by atoms with van der Waals surface area (Å²) in [4.78, 5) is 2.41. The second-order valence-corrected chi connectivity index (χ2v) is 6.04. The van der Waals surface area contributed by atoms with Gasteiger partial charge in [0.05, 0.1) is 13.1 Å². The van der Waals surface area contributed by atoms with Crippen molar-refractivity contribution in [3.63, 3.8) is 0 Å². The first-order chi connectivity index (χ1) is 8.49. The van der Waals surface area contributed by atoms with Crippen molar-refractivity contribution in [1.82, 2.24) is 4.90 Å². The van der Waals surface area contributed by atoms with Crippen LogP contribution in [0.5, 0.6) is 0 Å². The van der Waals surface area contributed by atoms with Crippen LogP contribution in [0.3, 0.4) is 0 Å². The fraction of sp³-hybridized carbons (Fsp3) is 0.600.